The number of rotatable bonds is 3. The fraction of sp³-hybridized carbons (Fsp3) is 0. The van der Waals surface area contributed by atoms with Crippen LogP contribution in [0.3, 0.4) is 0 Å². The van der Waals surface area contributed by atoms with Gasteiger partial charge in [-0.2, -0.15) is 10.5 Å². The molecule has 0 unspecified atom stereocenters. The number of nitrogens with one attached hydrogen (secondary N) is 1. The van der Waals surface area contributed by atoms with Crippen molar-refractivity contribution in [3.63, 3.8) is 0 Å². The molecule has 4 nitrogen and oxygen atoms in total. The van der Waals surface area contributed by atoms with Gasteiger partial charge in [-0.1, -0.05) is 91.0 Å². The van der Waals surface area contributed by atoms with Gasteiger partial charge in [-0.25, -0.2) is 0 Å². The Morgan fingerprint density at radius 3 is 1.47 bits per heavy atom. The van der Waals surface area contributed by atoms with E-state index in [0.29, 0.717) is 22.5 Å². The fourth-order valence-corrected chi connectivity index (χ4v) is 4.37. The zero-order valence-electron chi connectivity index (χ0n) is 17.1. The summed E-state index contributed by atoms with van der Waals surface area (Å²) < 4.78 is 0. The number of fused-ring (bicyclic) bond motifs is 1. The molecule has 1 aromatic heterocycles. The van der Waals surface area contributed by atoms with Gasteiger partial charge in [-0.3, -0.25) is 0 Å². The maximum absolute atomic E-state index is 10.4. The van der Waals surface area contributed by atoms with Crippen molar-refractivity contribution in [3.8, 4) is 45.5 Å². The minimum atomic E-state index is 0.297. The molecule has 0 aliphatic carbocycles. The summed E-state index contributed by atoms with van der Waals surface area (Å²) in [5, 5.41) is 21.2. The lowest BCUT2D eigenvalue weighted by atomic mass is 9.83. The standard InChI is InChI=1S/C28H18N4/c29-16-21-23(18-10-4-1-5-11-18)25(20-14-8-3-9-15-20)26-22(17-30)28(31)32-27(26)24(21)19-12-6-2-7-13-19/h1-15,32H,31H2. The molecule has 4 aromatic carbocycles. The SMILES string of the molecule is N#Cc1c(-c2ccccc2)c(-c2ccccc2)c2c(C#N)c(N)[nH]c2c1-c1ccccc1. The molecule has 0 bridgehead atoms. The van der Waals surface area contributed by atoms with Crippen LogP contribution < -0.4 is 5.73 Å². The number of nitrogens with two attached hydrogens (primary N) is 1. The molecule has 0 atom stereocenters. The van der Waals surface area contributed by atoms with Crippen molar-refractivity contribution < 1.29 is 0 Å². The first-order valence-electron chi connectivity index (χ1n) is 10.2. The van der Waals surface area contributed by atoms with Crippen molar-refractivity contribution in [1.82, 2.24) is 4.98 Å². The van der Waals surface area contributed by atoms with E-state index in [1.54, 1.807) is 0 Å². The van der Waals surface area contributed by atoms with E-state index in [1.165, 1.54) is 0 Å². The number of benzene rings is 4. The van der Waals surface area contributed by atoms with E-state index in [4.69, 9.17) is 5.73 Å². The quantitative estimate of drug-likeness (QED) is 0.356. The second-order valence-corrected chi connectivity index (χ2v) is 7.49. The molecule has 0 saturated heterocycles. The predicted molar refractivity (Wildman–Crippen MR) is 128 cm³/mol. The van der Waals surface area contributed by atoms with Crippen LogP contribution in [0.15, 0.2) is 91.0 Å². The molecule has 0 spiro atoms. The van der Waals surface area contributed by atoms with Gasteiger partial charge in [-0.15, -0.1) is 0 Å². The van der Waals surface area contributed by atoms with Crippen LogP contribution in [0.4, 0.5) is 5.82 Å². The third kappa shape index (κ3) is 2.91. The molecule has 150 valence electrons. The van der Waals surface area contributed by atoms with Crippen LogP contribution in [0.25, 0.3) is 44.3 Å². The van der Waals surface area contributed by atoms with Gasteiger partial charge in [0.05, 0.1) is 11.1 Å². The molecule has 3 N–H and O–H groups in total. The fourth-order valence-electron chi connectivity index (χ4n) is 4.37. The molecule has 0 aliphatic rings. The Kier molecular flexibility index (Phi) is 4.67. The van der Waals surface area contributed by atoms with Gasteiger partial charge < -0.3 is 10.7 Å². The van der Waals surface area contributed by atoms with Crippen molar-refractivity contribution in [2.24, 2.45) is 0 Å². The molecule has 32 heavy (non-hydrogen) atoms. The number of nitrogens with zero attached hydrogens (tertiary/aromatic N) is 2. The molecule has 0 radical (unpaired) electrons. The van der Waals surface area contributed by atoms with Gasteiger partial charge in [0.15, 0.2) is 0 Å². The Bertz CT molecular complexity index is 1520. The minimum absolute atomic E-state index is 0.297. The lowest BCUT2D eigenvalue weighted by molar-refractivity contribution is 1.43. The molecule has 0 fully saturated rings. The molecule has 5 rings (SSSR count). The number of aromatic amines is 1. The summed E-state index contributed by atoms with van der Waals surface area (Å²) in [7, 11) is 0. The average Bonchev–Trinajstić information content (AvgIpc) is 3.19. The van der Waals surface area contributed by atoms with Gasteiger partial charge in [0.1, 0.15) is 23.5 Å². The topological polar surface area (TPSA) is 89.4 Å². The van der Waals surface area contributed by atoms with Crippen molar-refractivity contribution in [2.75, 3.05) is 5.73 Å². The highest BCUT2D eigenvalue weighted by molar-refractivity contribution is 6.16. The number of aromatic nitrogens is 1. The summed E-state index contributed by atoms with van der Waals surface area (Å²) in [6.45, 7) is 0. The third-order valence-corrected chi connectivity index (χ3v) is 5.69. The summed E-state index contributed by atoms with van der Waals surface area (Å²) in [5.41, 5.74) is 13.0. The highest BCUT2D eigenvalue weighted by Crippen LogP contribution is 2.48. The predicted octanol–water partition coefficient (Wildman–Crippen LogP) is 6.49. The maximum atomic E-state index is 10.4. The first-order chi connectivity index (χ1) is 15.7. The van der Waals surface area contributed by atoms with E-state index in [2.05, 4.69) is 17.1 Å². The van der Waals surface area contributed by atoms with E-state index >= 15 is 0 Å². The van der Waals surface area contributed by atoms with Crippen LogP contribution in [0.5, 0.6) is 0 Å². The monoisotopic (exact) mass is 410 g/mol. The van der Waals surface area contributed by atoms with E-state index in [-0.39, 0.29) is 0 Å². The molecule has 5 aromatic rings. The Balaban J connectivity index is 2.10. The van der Waals surface area contributed by atoms with Crippen LogP contribution in [-0.4, -0.2) is 4.98 Å². The molecule has 4 heteroatoms. The van der Waals surface area contributed by atoms with Gasteiger partial charge >= 0.3 is 0 Å². The lowest BCUT2D eigenvalue weighted by Gasteiger charge is -2.18. The van der Waals surface area contributed by atoms with E-state index in [0.717, 1.165) is 38.8 Å². The summed E-state index contributed by atoms with van der Waals surface area (Å²) in [6.07, 6.45) is 0. The van der Waals surface area contributed by atoms with Crippen molar-refractivity contribution >= 4 is 16.7 Å². The Hall–Kier alpha value is -4.80. The Morgan fingerprint density at radius 2 is 1.00 bits per heavy atom. The summed E-state index contributed by atoms with van der Waals surface area (Å²) in [5.74, 6) is 0.297. The Morgan fingerprint density at radius 1 is 0.562 bits per heavy atom. The highest BCUT2D eigenvalue weighted by Gasteiger charge is 2.26. The normalized spacial score (nSPS) is 10.6. The second kappa shape index (κ2) is 7.80. The molecular formula is C28H18N4. The smallest absolute Gasteiger partial charge is 0.120 e. The zero-order valence-corrected chi connectivity index (χ0v) is 17.1. The van der Waals surface area contributed by atoms with E-state index in [9.17, 15) is 10.5 Å². The van der Waals surface area contributed by atoms with Crippen molar-refractivity contribution in [3.05, 3.63) is 102 Å². The van der Waals surface area contributed by atoms with E-state index in [1.807, 2.05) is 91.0 Å². The van der Waals surface area contributed by atoms with Crippen LogP contribution in [0.2, 0.25) is 0 Å². The highest BCUT2D eigenvalue weighted by atomic mass is 14.9. The van der Waals surface area contributed by atoms with Crippen LogP contribution >= 0.6 is 0 Å². The van der Waals surface area contributed by atoms with Crippen LogP contribution in [0, 0.1) is 22.7 Å². The third-order valence-electron chi connectivity index (χ3n) is 5.69. The van der Waals surface area contributed by atoms with Gasteiger partial charge in [0, 0.05) is 22.1 Å². The van der Waals surface area contributed by atoms with Gasteiger partial charge in [-0.05, 0) is 16.7 Å². The number of anilines is 1. The number of nitrogen functional groups attached to an aromatic ring is 1. The molecule has 0 amide bonds. The van der Waals surface area contributed by atoms with Crippen LogP contribution in [0.1, 0.15) is 11.1 Å². The van der Waals surface area contributed by atoms with Crippen molar-refractivity contribution in [1.29, 1.82) is 10.5 Å². The summed E-state index contributed by atoms with van der Waals surface area (Å²) >= 11 is 0. The van der Waals surface area contributed by atoms with Crippen LogP contribution in [-0.2, 0) is 0 Å². The van der Waals surface area contributed by atoms with Gasteiger partial charge in [0.2, 0.25) is 0 Å². The average molecular weight is 410 g/mol. The number of nitriles is 2. The second-order valence-electron chi connectivity index (χ2n) is 7.49. The molecular weight excluding hydrogens is 392 g/mol. The summed E-state index contributed by atoms with van der Waals surface area (Å²) in [6, 6.07) is 34.2. The largest absolute Gasteiger partial charge is 0.384 e. The number of H-pyrrole nitrogens is 1. The van der Waals surface area contributed by atoms with E-state index < -0.39 is 0 Å². The Labute approximate surface area is 185 Å². The van der Waals surface area contributed by atoms with Gasteiger partial charge in [0.25, 0.3) is 0 Å². The zero-order chi connectivity index (χ0) is 22.1. The number of hydrogen-bond acceptors (Lipinski definition) is 3. The first-order valence-corrected chi connectivity index (χ1v) is 10.2. The summed E-state index contributed by atoms with van der Waals surface area (Å²) in [4.78, 5) is 3.21. The molecule has 1 heterocycles. The maximum Gasteiger partial charge on any atom is 0.120 e. The lowest BCUT2D eigenvalue weighted by Crippen LogP contribution is -1.97. The van der Waals surface area contributed by atoms with Crippen molar-refractivity contribution in [2.45, 2.75) is 0 Å². The minimum Gasteiger partial charge on any atom is -0.384 e. The molecule has 0 saturated carbocycles. The number of hydrogen-bond donors (Lipinski definition) is 2. The first kappa shape index (κ1) is 19.2. The molecule has 0 aliphatic heterocycles.